The molecule has 2 aromatic rings. The van der Waals surface area contributed by atoms with Crippen LogP contribution in [0, 0.1) is 11.8 Å². The third kappa shape index (κ3) is 3.20. The van der Waals surface area contributed by atoms with Gasteiger partial charge < -0.3 is 9.80 Å². The van der Waals surface area contributed by atoms with Gasteiger partial charge in [0.15, 0.2) is 5.82 Å². The molecule has 116 valence electrons. The summed E-state index contributed by atoms with van der Waals surface area (Å²) in [6.45, 7) is 4.62. The van der Waals surface area contributed by atoms with Crippen molar-refractivity contribution in [2.75, 3.05) is 31.1 Å². The molecule has 0 aliphatic carbocycles. The quantitative estimate of drug-likeness (QED) is 0.756. The Bertz CT molecular complexity index is 707. The van der Waals surface area contributed by atoms with E-state index < -0.39 is 0 Å². The Balaban J connectivity index is 1.51. The molecule has 3 aliphatic heterocycles. The molecule has 2 bridgehead atoms. The number of aromatic nitrogens is 2. The topological polar surface area (TPSA) is 32.3 Å². The molecule has 1 aromatic carbocycles. The van der Waals surface area contributed by atoms with Gasteiger partial charge in [-0.2, -0.15) is 0 Å². The number of piperidine rings is 1. The van der Waals surface area contributed by atoms with Gasteiger partial charge in [0.2, 0.25) is 0 Å². The van der Waals surface area contributed by atoms with E-state index in [0.29, 0.717) is 6.04 Å². The van der Waals surface area contributed by atoms with E-state index in [1.807, 2.05) is 36.4 Å². The molecule has 0 unspecified atom stereocenters. The molecular formula is C19H20N4. The van der Waals surface area contributed by atoms with Crippen LogP contribution in [0.2, 0.25) is 0 Å². The predicted molar refractivity (Wildman–Crippen MR) is 91.3 cm³/mol. The van der Waals surface area contributed by atoms with Crippen LogP contribution < -0.4 is 4.90 Å². The van der Waals surface area contributed by atoms with E-state index in [4.69, 9.17) is 0 Å². The average molecular weight is 304 g/mol. The Hall–Kier alpha value is -2.38. The average Bonchev–Trinajstić information content (AvgIpc) is 2.95. The van der Waals surface area contributed by atoms with Crippen LogP contribution in [0.25, 0.3) is 0 Å². The monoisotopic (exact) mass is 304 g/mol. The Kier molecular flexibility index (Phi) is 3.95. The normalized spacial score (nSPS) is 23.0. The Labute approximate surface area is 137 Å². The molecule has 0 spiro atoms. The minimum absolute atomic E-state index is 0.615. The first-order valence-electron chi connectivity index (χ1n) is 8.28. The van der Waals surface area contributed by atoms with Gasteiger partial charge in [0, 0.05) is 37.8 Å². The van der Waals surface area contributed by atoms with Crippen LogP contribution in [0.3, 0.4) is 0 Å². The zero-order valence-electron chi connectivity index (χ0n) is 13.2. The van der Waals surface area contributed by atoms with Crippen LogP contribution in [-0.4, -0.2) is 47.3 Å². The van der Waals surface area contributed by atoms with Crippen molar-refractivity contribution in [3.05, 3.63) is 53.7 Å². The zero-order chi connectivity index (χ0) is 15.5. The second kappa shape index (κ2) is 6.39. The maximum absolute atomic E-state index is 4.43. The van der Waals surface area contributed by atoms with Crippen molar-refractivity contribution in [1.82, 2.24) is 15.1 Å². The summed E-state index contributed by atoms with van der Waals surface area (Å²) in [5.74, 6) is 7.20. The summed E-state index contributed by atoms with van der Waals surface area (Å²) >= 11 is 0. The van der Waals surface area contributed by atoms with E-state index in [1.54, 1.807) is 0 Å². The SMILES string of the molecule is C(#Cc1ccc(N2CCN3CCC2CC3)nn1)c1ccccc1. The lowest BCUT2D eigenvalue weighted by Gasteiger charge is -2.31. The molecule has 0 atom stereocenters. The highest BCUT2D eigenvalue weighted by Gasteiger charge is 2.29. The van der Waals surface area contributed by atoms with Crippen LogP contribution in [0.1, 0.15) is 24.1 Å². The lowest BCUT2D eigenvalue weighted by Crippen LogP contribution is -2.38. The second-order valence-electron chi connectivity index (χ2n) is 6.16. The van der Waals surface area contributed by atoms with Gasteiger partial charge in [-0.1, -0.05) is 24.1 Å². The van der Waals surface area contributed by atoms with Crippen LogP contribution in [0.4, 0.5) is 5.82 Å². The summed E-state index contributed by atoms with van der Waals surface area (Å²) in [6.07, 6.45) is 2.47. The first-order valence-corrected chi connectivity index (χ1v) is 8.28. The van der Waals surface area contributed by atoms with Gasteiger partial charge in [-0.25, -0.2) is 0 Å². The van der Waals surface area contributed by atoms with Crippen molar-refractivity contribution in [3.63, 3.8) is 0 Å². The van der Waals surface area contributed by atoms with Gasteiger partial charge in [-0.05, 0) is 43.0 Å². The van der Waals surface area contributed by atoms with Crippen molar-refractivity contribution in [3.8, 4) is 11.8 Å². The summed E-state index contributed by atoms with van der Waals surface area (Å²) in [6, 6.07) is 14.6. The number of hydrogen-bond acceptors (Lipinski definition) is 4. The molecule has 1 aromatic heterocycles. The maximum Gasteiger partial charge on any atom is 0.151 e. The summed E-state index contributed by atoms with van der Waals surface area (Å²) in [5, 5.41) is 8.73. The molecule has 0 N–H and O–H groups in total. The first kappa shape index (κ1) is 14.2. The van der Waals surface area contributed by atoms with Gasteiger partial charge in [-0.3, -0.25) is 0 Å². The van der Waals surface area contributed by atoms with Crippen LogP contribution >= 0.6 is 0 Å². The largest absolute Gasteiger partial charge is 0.351 e. The molecule has 3 fully saturated rings. The van der Waals surface area contributed by atoms with Gasteiger partial charge in [0.05, 0.1) is 0 Å². The van der Waals surface area contributed by atoms with Crippen LogP contribution in [0.15, 0.2) is 42.5 Å². The Morgan fingerprint density at radius 2 is 1.65 bits per heavy atom. The summed E-state index contributed by atoms with van der Waals surface area (Å²) in [7, 11) is 0. The molecule has 4 heteroatoms. The smallest absolute Gasteiger partial charge is 0.151 e. The van der Waals surface area contributed by atoms with Gasteiger partial charge in [-0.15, -0.1) is 10.2 Å². The zero-order valence-corrected chi connectivity index (χ0v) is 13.2. The standard InChI is InChI=1S/C19H20N4/c1-2-4-16(5-3-1)6-7-17-8-9-19(21-20-17)23-15-14-22-12-10-18(23)11-13-22/h1-5,8-9,18H,10-15H2. The summed E-state index contributed by atoms with van der Waals surface area (Å²) in [4.78, 5) is 4.97. The number of nitrogens with zero attached hydrogens (tertiary/aromatic N) is 4. The third-order valence-electron chi connectivity index (χ3n) is 4.71. The lowest BCUT2D eigenvalue weighted by atomic mass is 10.1. The van der Waals surface area contributed by atoms with Crippen molar-refractivity contribution in [2.45, 2.75) is 18.9 Å². The first-order chi connectivity index (χ1) is 11.4. The van der Waals surface area contributed by atoms with Crippen molar-refractivity contribution in [1.29, 1.82) is 0 Å². The number of rotatable bonds is 1. The molecular weight excluding hydrogens is 284 g/mol. The van der Waals surface area contributed by atoms with E-state index in [-0.39, 0.29) is 0 Å². The number of benzene rings is 1. The molecule has 4 nitrogen and oxygen atoms in total. The molecule has 0 amide bonds. The van der Waals surface area contributed by atoms with E-state index in [1.165, 1.54) is 25.9 Å². The highest BCUT2D eigenvalue weighted by Crippen LogP contribution is 2.24. The number of fused-ring (bicyclic) bond motifs is 4. The molecule has 0 saturated carbocycles. The van der Waals surface area contributed by atoms with Crippen LogP contribution in [-0.2, 0) is 0 Å². The van der Waals surface area contributed by atoms with Crippen molar-refractivity contribution in [2.24, 2.45) is 0 Å². The lowest BCUT2D eigenvalue weighted by molar-refractivity contribution is 0.250. The van der Waals surface area contributed by atoms with E-state index in [9.17, 15) is 0 Å². The molecule has 0 radical (unpaired) electrons. The fraction of sp³-hybridized carbons (Fsp3) is 0.368. The molecule has 23 heavy (non-hydrogen) atoms. The number of anilines is 1. The Morgan fingerprint density at radius 3 is 2.39 bits per heavy atom. The van der Waals surface area contributed by atoms with Gasteiger partial charge in [0.1, 0.15) is 5.69 Å². The third-order valence-corrected chi connectivity index (χ3v) is 4.71. The van der Waals surface area contributed by atoms with E-state index >= 15 is 0 Å². The van der Waals surface area contributed by atoms with E-state index in [2.05, 4.69) is 37.9 Å². The molecule has 4 heterocycles. The number of hydrogen-bond donors (Lipinski definition) is 0. The molecule has 3 saturated heterocycles. The maximum atomic E-state index is 4.43. The minimum Gasteiger partial charge on any atom is -0.351 e. The second-order valence-corrected chi connectivity index (χ2v) is 6.16. The fourth-order valence-corrected chi connectivity index (χ4v) is 3.39. The van der Waals surface area contributed by atoms with Gasteiger partial charge in [0.25, 0.3) is 0 Å². The summed E-state index contributed by atoms with van der Waals surface area (Å²) in [5.41, 5.74) is 1.72. The van der Waals surface area contributed by atoms with Gasteiger partial charge >= 0.3 is 0 Å². The highest BCUT2D eigenvalue weighted by molar-refractivity contribution is 5.44. The van der Waals surface area contributed by atoms with Crippen LogP contribution in [0.5, 0.6) is 0 Å². The predicted octanol–water partition coefficient (Wildman–Crippen LogP) is 2.16. The Morgan fingerprint density at radius 1 is 0.826 bits per heavy atom. The van der Waals surface area contributed by atoms with Crippen molar-refractivity contribution >= 4 is 5.82 Å². The van der Waals surface area contributed by atoms with Crippen molar-refractivity contribution < 1.29 is 0 Å². The minimum atomic E-state index is 0.615. The van der Waals surface area contributed by atoms with E-state index in [0.717, 1.165) is 30.2 Å². The highest BCUT2D eigenvalue weighted by atomic mass is 15.3. The molecule has 3 aliphatic rings. The molecule has 5 rings (SSSR count). The fourth-order valence-electron chi connectivity index (χ4n) is 3.39. The summed E-state index contributed by atoms with van der Waals surface area (Å²) < 4.78 is 0.